The van der Waals surface area contributed by atoms with Crippen LogP contribution in [0.25, 0.3) is 33.4 Å². The fraction of sp³-hybridized carbons (Fsp3) is 0.226. The van der Waals surface area contributed by atoms with Crippen molar-refractivity contribution < 1.29 is 46.2 Å². The lowest BCUT2D eigenvalue weighted by atomic mass is 9.99. The van der Waals surface area contributed by atoms with Crippen molar-refractivity contribution in [3.8, 4) is 39.6 Å². The third kappa shape index (κ3) is 5.50. The number of aryl methyl sites for hydroxylation is 2. The maximum absolute atomic E-state index is 13.1. The van der Waals surface area contributed by atoms with Crippen LogP contribution < -0.4 is 14.2 Å². The summed E-state index contributed by atoms with van der Waals surface area (Å²) in [5, 5.41) is 13.7. The molecule has 1 aliphatic rings. The molecule has 11 heteroatoms. The molecular formula is C31H24F3NO7. The van der Waals surface area contributed by atoms with Gasteiger partial charge in [0, 0.05) is 11.5 Å². The van der Waals surface area contributed by atoms with Gasteiger partial charge in [-0.05, 0) is 79.8 Å². The molecule has 3 aromatic carbocycles. The number of carbonyl (C=O) groups is 1. The molecule has 0 amide bonds. The van der Waals surface area contributed by atoms with Gasteiger partial charge in [0.05, 0.1) is 10.9 Å². The highest BCUT2D eigenvalue weighted by Gasteiger charge is 2.36. The second kappa shape index (κ2) is 10.5. The lowest BCUT2D eigenvalue weighted by molar-refractivity contribution is -0.274. The van der Waals surface area contributed by atoms with E-state index in [1.165, 1.54) is 18.2 Å². The summed E-state index contributed by atoms with van der Waals surface area (Å²) in [5.41, 5.74) is 4.13. The maximum Gasteiger partial charge on any atom is 0.573 e. The van der Waals surface area contributed by atoms with E-state index in [4.69, 9.17) is 23.5 Å². The third-order valence-electron chi connectivity index (χ3n) is 7.03. The Morgan fingerprint density at radius 2 is 1.83 bits per heavy atom. The largest absolute Gasteiger partial charge is 0.573 e. The van der Waals surface area contributed by atoms with Gasteiger partial charge in [-0.3, -0.25) is 0 Å². The smallest absolute Gasteiger partial charge is 0.489 e. The fourth-order valence-electron chi connectivity index (χ4n) is 5.00. The highest BCUT2D eigenvalue weighted by atomic mass is 19.4. The quantitative estimate of drug-likeness (QED) is 0.182. The predicted octanol–water partition coefficient (Wildman–Crippen LogP) is 8.78. The fourth-order valence-corrected chi connectivity index (χ4v) is 5.00. The van der Waals surface area contributed by atoms with Crippen LogP contribution in [0.5, 0.6) is 17.2 Å². The van der Waals surface area contributed by atoms with E-state index in [-0.39, 0.29) is 35.3 Å². The number of carboxylic acid groups (broad SMARTS) is 1. The molecule has 2 heterocycles. The number of alkyl halides is 3. The van der Waals surface area contributed by atoms with E-state index < -0.39 is 12.5 Å². The molecule has 0 radical (unpaired) electrons. The average molecular weight is 580 g/mol. The van der Waals surface area contributed by atoms with Crippen LogP contribution in [0.2, 0.25) is 0 Å². The van der Waals surface area contributed by atoms with E-state index in [0.29, 0.717) is 33.8 Å². The van der Waals surface area contributed by atoms with Crippen LogP contribution in [0.1, 0.15) is 41.4 Å². The minimum absolute atomic E-state index is 0.0355. The van der Waals surface area contributed by atoms with Crippen LogP contribution in [0.15, 0.2) is 69.6 Å². The third-order valence-corrected chi connectivity index (χ3v) is 7.03. The Labute approximate surface area is 237 Å². The Balaban J connectivity index is 1.26. The zero-order chi connectivity index (χ0) is 29.6. The standard InChI is InChI=1S/C31H24F3NO7/c1-16-13-20(10-12-21(16)19-9-11-23-26(14-19)39-17(2)28(23)40-30(36)37)38-15-24-27(35-42-29(24)18-7-8-18)22-5-3-4-6-25(22)41-31(32,33)34/h3-6,9-14,18H,7-8,15H2,1-2H3,(H,36,37). The van der Waals surface area contributed by atoms with Crippen molar-refractivity contribution in [3.05, 3.63) is 83.3 Å². The summed E-state index contributed by atoms with van der Waals surface area (Å²) in [7, 11) is 0. The molecule has 0 unspecified atom stereocenters. The Hall–Kier alpha value is -4.93. The molecule has 2 aromatic heterocycles. The molecule has 0 atom stereocenters. The average Bonchev–Trinajstić information content (AvgIpc) is 3.61. The van der Waals surface area contributed by atoms with E-state index >= 15 is 0 Å². The minimum atomic E-state index is -4.86. The summed E-state index contributed by atoms with van der Waals surface area (Å²) in [6.07, 6.45) is -4.47. The van der Waals surface area contributed by atoms with E-state index in [2.05, 4.69) is 9.89 Å². The molecule has 0 spiro atoms. The zero-order valence-corrected chi connectivity index (χ0v) is 22.4. The molecule has 5 aromatic rings. The highest BCUT2D eigenvalue weighted by Crippen LogP contribution is 2.46. The van der Waals surface area contributed by atoms with Gasteiger partial charge in [0.1, 0.15) is 40.9 Å². The van der Waals surface area contributed by atoms with E-state index in [1.807, 2.05) is 31.2 Å². The van der Waals surface area contributed by atoms with Crippen LogP contribution >= 0.6 is 0 Å². The van der Waals surface area contributed by atoms with Crippen molar-refractivity contribution in [1.29, 1.82) is 0 Å². The number of furan rings is 1. The molecule has 1 aliphatic carbocycles. The number of nitrogens with zero attached hydrogens (tertiary/aromatic N) is 1. The number of halogens is 3. The first kappa shape index (κ1) is 27.3. The van der Waals surface area contributed by atoms with E-state index in [0.717, 1.165) is 29.5 Å². The number of hydrogen-bond acceptors (Lipinski definition) is 7. The van der Waals surface area contributed by atoms with Gasteiger partial charge in [-0.1, -0.05) is 29.4 Å². The second-order valence-electron chi connectivity index (χ2n) is 10.0. The lowest BCUT2D eigenvalue weighted by Gasteiger charge is -2.14. The Morgan fingerprint density at radius 1 is 1.05 bits per heavy atom. The van der Waals surface area contributed by atoms with Gasteiger partial charge in [0.15, 0.2) is 5.75 Å². The predicted molar refractivity (Wildman–Crippen MR) is 145 cm³/mol. The molecule has 1 saturated carbocycles. The summed E-state index contributed by atoms with van der Waals surface area (Å²) in [5.74, 6) is 1.45. The van der Waals surface area contributed by atoms with Crippen molar-refractivity contribution in [2.75, 3.05) is 0 Å². The minimum Gasteiger partial charge on any atom is -0.489 e. The first-order valence-corrected chi connectivity index (χ1v) is 13.1. The zero-order valence-electron chi connectivity index (χ0n) is 22.4. The topological polar surface area (TPSA) is 104 Å². The Bertz CT molecular complexity index is 1800. The van der Waals surface area contributed by atoms with Crippen molar-refractivity contribution in [1.82, 2.24) is 5.16 Å². The second-order valence-corrected chi connectivity index (χ2v) is 10.0. The number of benzene rings is 3. The van der Waals surface area contributed by atoms with Gasteiger partial charge in [-0.15, -0.1) is 13.2 Å². The van der Waals surface area contributed by atoms with Crippen molar-refractivity contribution in [2.45, 2.75) is 45.6 Å². The molecular weight excluding hydrogens is 555 g/mol. The highest BCUT2D eigenvalue weighted by molar-refractivity contribution is 5.91. The molecule has 0 bridgehead atoms. The number of ether oxygens (including phenoxy) is 3. The van der Waals surface area contributed by atoms with Crippen LogP contribution in [0.4, 0.5) is 18.0 Å². The lowest BCUT2D eigenvalue weighted by Crippen LogP contribution is -2.17. The molecule has 1 N–H and O–H groups in total. The Morgan fingerprint density at radius 3 is 2.55 bits per heavy atom. The molecule has 1 fully saturated rings. The molecule has 8 nitrogen and oxygen atoms in total. The van der Waals surface area contributed by atoms with E-state index in [9.17, 15) is 18.0 Å². The van der Waals surface area contributed by atoms with Crippen LogP contribution in [0.3, 0.4) is 0 Å². The van der Waals surface area contributed by atoms with Gasteiger partial charge in [-0.2, -0.15) is 0 Å². The van der Waals surface area contributed by atoms with Gasteiger partial charge in [0.25, 0.3) is 0 Å². The Kier molecular flexibility index (Phi) is 6.80. The molecule has 0 aliphatic heterocycles. The molecule has 216 valence electrons. The normalized spacial score (nSPS) is 13.4. The number of aromatic nitrogens is 1. The van der Waals surface area contributed by atoms with Crippen LogP contribution in [-0.2, 0) is 6.61 Å². The molecule has 42 heavy (non-hydrogen) atoms. The number of hydrogen-bond donors (Lipinski definition) is 1. The monoisotopic (exact) mass is 579 g/mol. The van der Waals surface area contributed by atoms with Crippen molar-refractivity contribution in [2.24, 2.45) is 0 Å². The maximum atomic E-state index is 13.1. The van der Waals surface area contributed by atoms with E-state index in [1.54, 1.807) is 25.1 Å². The summed E-state index contributed by atoms with van der Waals surface area (Å²) in [4.78, 5) is 11.0. The first-order chi connectivity index (χ1) is 20.1. The van der Waals surface area contributed by atoms with Gasteiger partial charge in [0.2, 0.25) is 0 Å². The van der Waals surface area contributed by atoms with Crippen LogP contribution in [-0.4, -0.2) is 22.8 Å². The van der Waals surface area contributed by atoms with Gasteiger partial charge < -0.3 is 28.3 Å². The van der Waals surface area contributed by atoms with Gasteiger partial charge >= 0.3 is 12.5 Å². The summed E-state index contributed by atoms with van der Waals surface area (Å²) >= 11 is 0. The SMILES string of the molecule is Cc1cc(OCc2c(-c3ccccc3OC(F)(F)F)noc2C2CC2)ccc1-c1ccc2c(OC(=O)O)c(C)oc2c1. The summed E-state index contributed by atoms with van der Waals surface area (Å²) in [6.45, 7) is 3.59. The first-order valence-electron chi connectivity index (χ1n) is 13.1. The summed E-state index contributed by atoms with van der Waals surface area (Å²) in [6, 6.07) is 16.8. The molecule has 6 rings (SSSR count). The van der Waals surface area contributed by atoms with Crippen molar-refractivity contribution in [3.63, 3.8) is 0 Å². The van der Waals surface area contributed by atoms with Gasteiger partial charge in [-0.25, -0.2) is 4.79 Å². The van der Waals surface area contributed by atoms with Crippen molar-refractivity contribution >= 4 is 17.1 Å². The number of para-hydroxylation sites is 1. The van der Waals surface area contributed by atoms with Crippen LogP contribution in [0, 0.1) is 13.8 Å². The number of fused-ring (bicyclic) bond motifs is 1. The number of rotatable bonds is 8. The molecule has 0 saturated heterocycles. The summed E-state index contributed by atoms with van der Waals surface area (Å²) < 4.78 is 65.7.